The zero-order chi connectivity index (χ0) is 15.7. The summed E-state index contributed by atoms with van der Waals surface area (Å²) in [7, 11) is 0. The number of nitrogens with zero attached hydrogens (tertiary/aromatic N) is 1. The van der Waals surface area contributed by atoms with Crippen LogP contribution in [0.4, 0.5) is 15.8 Å². The molecule has 2 amide bonds. The summed E-state index contributed by atoms with van der Waals surface area (Å²) >= 11 is 0. The van der Waals surface area contributed by atoms with E-state index < -0.39 is 11.9 Å². The molecule has 22 heavy (non-hydrogen) atoms. The van der Waals surface area contributed by atoms with Gasteiger partial charge >= 0.3 is 0 Å². The molecule has 0 saturated carbocycles. The molecule has 1 saturated heterocycles. The Balaban J connectivity index is 1.81. The van der Waals surface area contributed by atoms with Gasteiger partial charge < -0.3 is 5.32 Å². The maximum atomic E-state index is 13.3. The van der Waals surface area contributed by atoms with Crippen LogP contribution < -0.4 is 10.2 Å². The van der Waals surface area contributed by atoms with Crippen molar-refractivity contribution in [3.05, 3.63) is 59.9 Å². The van der Waals surface area contributed by atoms with Crippen molar-refractivity contribution in [2.75, 3.05) is 10.2 Å². The number of rotatable bonds is 3. The largest absolute Gasteiger partial charge is 0.373 e. The number of hydrogen-bond acceptors (Lipinski definition) is 3. The van der Waals surface area contributed by atoms with Gasteiger partial charge in [0.25, 0.3) is 5.91 Å². The first-order chi connectivity index (χ1) is 10.5. The van der Waals surface area contributed by atoms with Crippen LogP contribution in [0.15, 0.2) is 48.5 Å². The van der Waals surface area contributed by atoms with Crippen LogP contribution >= 0.6 is 0 Å². The maximum absolute atomic E-state index is 13.3. The van der Waals surface area contributed by atoms with Crippen molar-refractivity contribution in [3.8, 4) is 0 Å². The minimum atomic E-state index is -0.626. The van der Waals surface area contributed by atoms with Crippen LogP contribution in [-0.4, -0.2) is 17.9 Å². The molecule has 0 bridgehead atoms. The second-order valence-electron chi connectivity index (χ2n) is 5.31. The number of benzene rings is 2. The lowest BCUT2D eigenvalue weighted by Gasteiger charge is -2.16. The van der Waals surface area contributed by atoms with Gasteiger partial charge in [-0.25, -0.2) is 9.29 Å². The standard InChI is InChI=1S/C17H15FN2O2/c1-11-5-7-13(8-6-11)19-15-10-16(21)20(17(15)22)14-4-2-3-12(18)9-14/h2-9,15,19H,10H2,1H3/t15-/m1/s1. The molecule has 5 heteroatoms. The molecule has 0 unspecified atom stereocenters. The van der Waals surface area contributed by atoms with Gasteiger partial charge in [-0.3, -0.25) is 9.59 Å². The van der Waals surface area contributed by atoms with Crippen molar-refractivity contribution in [1.82, 2.24) is 0 Å². The molecule has 1 heterocycles. The Kier molecular flexibility index (Phi) is 3.63. The normalized spacial score (nSPS) is 17.9. The van der Waals surface area contributed by atoms with Crippen molar-refractivity contribution in [3.63, 3.8) is 0 Å². The predicted molar refractivity (Wildman–Crippen MR) is 82.1 cm³/mol. The maximum Gasteiger partial charge on any atom is 0.256 e. The van der Waals surface area contributed by atoms with E-state index in [0.29, 0.717) is 0 Å². The third-order valence-corrected chi connectivity index (χ3v) is 3.61. The Hall–Kier alpha value is -2.69. The van der Waals surface area contributed by atoms with Gasteiger partial charge in [-0.1, -0.05) is 23.8 Å². The molecule has 4 nitrogen and oxygen atoms in total. The SMILES string of the molecule is Cc1ccc(N[C@@H]2CC(=O)N(c3cccc(F)c3)C2=O)cc1. The summed E-state index contributed by atoms with van der Waals surface area (Å²) in [5.41, 5.74) is 2.15. The van der Waals surface area contributed by atoms with Gasteiger partial charge in [0.1, 0.15) is 11.9 Å². The fourth-order valence-corrected chi connectivity index (χ4v) is 2.48. The number of anilines is 2. The zero-order valence-corrected chi connectivity index (χ0v) is 12.0. The lowest BCUT2D eigenvalue weighted by atomic mass is 10.2. The molecule has 1 fully saturated rings. The molecule has 2 aromatic carbocycles. The predicted octanol–water partition coefficient (Wildman–Crippen LogP) is 2.88. The van der Waals surface area contributed by atoms with Crippen LogP contribution in [0.25, 0.3) is 0 Å². The molecule has 112 valence electrons. The third kappa shape index (κ3) is 2.70. The van der Waals surface area contributed by atoms with Gasteiger partial charge in [0.2, 0.25) is 5.91 Å². The topological polar surface area (TPSA) is 49.4 Å². The number of nitrogens with one attached hydrogen (secondary N) is 1. The highest BCUT2D eigenvalue weighted by atomic mass is 19.1. The number of hydrogen-bond donors (Lipinski definition) is 1. The van der Waals surface area contributed by atoms with Crippen molar-refractivity contribution in [2.45, 2.75) is 19.4 Å². The molecule has 1 N–H and O–H groups in total. The summed E-state index contributed by atoms with van der Waals surface area (Å²) < 4.78 is 13.3. The highest BCUT2D eigenvalue weighted by molar-refractivity contribution is 6.23. The Morgan fingerprint density at radius 2 is 1.86 bits per heavy atom. The summed E-state index contributed by atoms with van der Waals surface area (Å²) in [4.78, 5) is 25.5. The lowest BCUT2D eigenvalue weighted by Crippen LogP contribution is -2.34. The van der Waals surface area contributed by atoms with Gasteiger partial charge in [0.15, 0.2) is 0 Å². The monoisotopic (exact) mass is 298 g/mol. The number of aryl methyl sites for hydroxylation is 1. The van der Waals surface area contributed by atoms with E-state index in [1.54, 1.807) is 6.07 Å². The molecular weight excluding hydrogens is 283 g/mol. The first-order valence-electron chi connectivity index (χ1n) is 7.00. The number of amides is 2. The van der Waals surface area contributed by atoms with E-state index in [2.05, 4.69) is 5.32 Å². The molecule has 0 aliphatic carbocycles. The van der Waals surface area contributed by atoms with E-state index in [1.807, 2.05) is 31.2 Å². The lowest BCUT2D eigenvalue weighted by molar-refractivity contribution is -0.121. The van der Waals surface area contributed by atoms with E-state index >= 15 is 0 Å². The average molecular weight is 298 g/mol. The molecule has 1 atom stereocenters. The Labute approximate surface area is 127 Å². The van der Waals surface area contributed by atoms with Gasteiger partial charge in [0, 0.05) is 5.69 Å². The van der Waals surface area contributed by atoms with E-state index in [1.165, 1.54) is 18.2 Å². The quantitative estimate of drug-likeness (QED) is 0.886. The van der Waals surface area contributed by atoms with Crippen molar-refractivity contribution in [2.24, 2.45) is 0 Å². The molecule has 1 aliphatic heterocycles. The first-order valence-corrected chi connectivity index (χ1v) is 7.00. The smallest absolute Gasteiger partial charge is 0.256 e. The minimum Gasteiger partial charge on any atom is -0.373 e. The Bertz CT molecular complexity index is 728. The summed E-state index contributed by atoms with van der Waals surface area (Å²) in [5, 5.41) is 3.06. The van der Waals surface area contributed by atoms with Gasteiger partial charge in [-0.15, -0.1) is 0 Å². The van der Waals surface area contributed by atoms with Crippen molar-refractivity contribution in [1.29, 1.82) is 0 Å². The molecule has 2 aromatic rings. The highest BCUT2D eigenvalue weighted by Gasteiger charge is 2.39. The summed E-state index contributed by atoms with van der Waals surface area (Å²) in [6.07, 6.45) is 0.0588. The Morgan fingerprint density at radius 1 is 1.14 bits per heavy atom. The van der Waals surface area contributed by atoms with Crippen LogP contribution in [0.1, 0.15) is 12.0 Å². The van der Waals surface area contributed by atoms with E-state index in [9.17, 15) is 14.0 Å². The van der Waals surface area contributed by atoms with E-state index in [-0.39, 0.29) is 23.9 Å². The highest BCUT2D eigenvalue weighted by Crippen LogP contribution is 2.25. The zero-order valence-electron chi connectivity index (χ0n) is 12.0. The van der Waals surface area contributed by atoms with Gasteiger partial charge in [0.05, 0.1) is 12.1 Å². The van der Waals surface area contributed by atoms with E-state index in [0.717, 1.165) is 16.2 Å². The first kappa shape index (κ1) is 14.3. The van der Waals surface area contributed by atoms with Gasteiger partial charge in [-0.2, -0.15) is 0 Å². The number of carbonyl (C=O) groups is 2. The van der Waals surface area contributed by atoms with Crippen molar-refractivity contribution < 1.29 is 14.0 Å². The second-order valence-corrected chi connectivity index (χ2v) is 5.31. The fourth-order valence-electron chi connectivity index (χ4n) is 2.48. The Morgan fingerprint density at radius 3 is 2.55 bits per heavy atom. The number of halogens is 1. The molecule has 1 aliphatic rings. The van der Waals surface area contributed by atoms with E-state index in [4.69, 9.17) is 0 Å². The number of carbonyl (C=O) groups excluding carboxylic acids is 2. The third-order valence-electron chi connectivity index (χ3n) is 3.61. The summed E-state index contributed by atoms with van der Waals surface area (Å²) in [6.45, 7) is 1.97. The molecule has 0 spiro atoms. The van der Waals surface area contributed by atoms with Crippen LogP contribution in [0.3, 0.4) is 0 Å². The van der Waals surface area contributed by atoms with Crippen LogP contribution in [0, 0.1) is 12.7 Å². The minimum absolute atomic E-state index is 0.0588. The summed E-state index contributed by atoms with van der Waals surface area (Å²) in [6, 6.07) is 12.4. The fraction of sp³-hybridized carbons (Fsp3) is 0.176. The molecular formula is C17H15FN2O2. The average Bonchev–Trinajstić information content (AvgIpc) is 2.76. The van der Waals surface area contributed by atoms with Crippen LogP contribution in [-0.2, 0) is 9.59 Å². The number of imide groups is 1. The molecule has 3 rings (SSSR count). The van der Waals surface area contributed by atoms with Crippen LogP contribution in [0.2, 0.25) is 0 Å². The van der Waals surface area contributed by atoms with Gasteiger partial charge in [-0.05, 0) is 37.3 Å². The summed E-state index contributed by atoms with van der Waals surface area (Å²) in [5.74, 6) is -1.18. The van der Waals surface area contributed by atoms with Crippen molar-refractivity contribution >= 4 is 23.2 Å². The second kappa shape index (κ2) is 5.60. The van der Waals surface area contributed by atoms with Crippen LogP contribution in [0.5, 0.6) is 0 Å². The molecule has 0 radical (unpaired) electrons. The molecule has 0 aromatic heterocycles.